The molecule has 0 N–H and O–H groups in total. The molecule has 2 aliphatic carbocycles. The van der Waals surface area contributed by atoms with Gasteiger partial charge in [-0.15, -0.1) is 0 Å². The first kappa shape index (κ1) is 21.5. The van der Waals surface area contributed by atoms with Gasteiger partial charge in [0.05, 0.1) is 0 Å². The lowest BCUT2D eigenvalue weighted by molar-refractivity contribution is 0.332. The first-order valence-electron chi connectivity index (χ1n) is 12.0. The molecule has 3 aromatic rings. The zero-order valence-corrected chi connectivity index (χ0v) is 22.2. The molecular weight excluding hydrogens is 440 g/mol. The lowest BCUT2D eigenvalue weighted by atomic mass is 9.62. The molecule has 1 heteroatoms. The zero-order valence-electron chi connectivity index (χ0n) is 20.6. The summed E-state index contributed by atoms with van der Waals surface area (Å²) in [4.78, 5) is 0. The first-order chi connectivity index (χ1) is 14.2. The van der Waals surface area contributed by atoms with Gasteiger partial charge in [-0.25, -0.2) is 0 Å². The minimum atomic E-state index is 0.231. The van der Waals surface area contributed by atoms with Gasteiger partial charge in [-0.1, -0.05) is 67.5 Å². The molecule has 2 aliphatic rings. The molecule has 164 valence electrons. The Morgan fingerprint density at radius 2 is 0.774 bits per heavy atom. The van der Waals surface area contributed by atoms with Crippen LogP contribution in [0.15, 0.2) is 34.8 Å². The van der Waals surface area contributed by atoms with E-state index in [0.717, 1.165) is 0 Å². The van der Waals surface area contributed by atoms with Crippen molar-refractivity contribution in [1.82, 2.24) is 0 Å². The summed E-state index contributed by atoms with van der Waals surface area (Å²) in [6.07, 6.45) is 5.01. The van der Waals surface area contributed by atoms with Gasteiger partial charge in [0.25, 0.3) is 0 Å². The monoisotopic (exact) mass is 476 g/mol. The van der Waals surface area contributed by atoms with Crippen LogP contribution >= 0.6 is 15.9 Å². The normalized spacial score (nSPS) is 22.9. The summed E-state index contributed by atoms with van der Waals surface area (Å²) in [5.41, 5.74) is 7.10. The molecule has 0 fully saturated rings. The van der Waals surface area contributed by atoms with E-state index in [9.17, 15) is 0 Å². The number of hydrogen-bond donors (Lipinski definition) is 0. The Bertz CT molecular complexity index is 1140. The third kappa shape index (κ3) is 3.13. The fourth-order valence-corrected chi connectivity index (χ4v) is 6.88. The lowest BCUT2D eigenvalue weighted by Gasteiger charge is -2.42. The third-order valence-corrected chi connectivity index (χ3v) is 9.68. The van der Waals surface area contributed by atoms with Gasteiger partial charge < -0.3 is 0 Å². The van der Waals surface area contributed by atoms with Crippen molar-refractivity contribution < 1.29 is 0 Å². The van der Waals surface area contributed by atoms with Crippen molar-refractivity contribution >= 4 is 37.5 Å². The fourth-order valence-electron chi connectivity index (χ4n) is 6.19. The van der Waals surface area contributed by atoms with E-state index in [0.29, 0.717) is 0 Å². The van der Waals surface area contributed by atoms with Crippen LogP contribution < -0.4 is 0 Å². The summed E-state index contributed by atoms with van der Waals surface area (Å²) in [5.74, 6) is 0. The van der Waals surface area contributed by atoms with E-state index in [1.54, 1.807) is 11.1 Å². The van der Waals surface area contributed by atoms with Gasteiger partial charge in [0.2, 0.25) is 0 Å². The van der Waals surface area contributed by atoms with Crippen LogP contribution in [0.1, 0.15) is 103 Å². The Kier molecular flexibility index (Phi) is 4.42. The Balaban J connectivity index is 1.86. The van der Waals surface area contributed by atoms with E-state index in [2.05, 4.69) is 102 Å². The molecule has 31 heavy (non-hydrogen) atoms. The zero-order chi connectivity index (χ0) is 22.6. The van der Waals surface area contributed by atoms with Gasteiger partial charge in [0.15, 0.2) is 0 Å². The largest absolute Gasteiger partial charge is 0.0558 e. The van der Waals surface area contributed by atoms with E-state index < -0.39 is 0 Å². The summed E-state index contributed by atoms with van der Waals surface area (Å²) in [6, 6.07) is 12.5. The molecule has 3 aromatic carbocycles. The minimum absolute atomic E-state index is 0.231. The molecular formula is C30H37Br. The fraction of sp³-hybridized carbons (Fsp3) is 0.533. The van der Waals surface area contributed by atoms with E-state index in [-0.39, 0.29) is 21.7 Å². The maximum Gasteiger partial charge on any atom is 0.0332 e. The highest BCUT2D eigenvalue weighted by Gasteiger charge is 2.39. The minimum Gasteiger partial charge on any atom is -0.0558 e. The molecule has 0 radical (unpaired) electrons. The van der Waals surface area contributed by atoms with E-state index in [1.807, 2.05) is 0 Å². The van der Waals surface area contributed by atoms with Gasteiger partial charge >= 0.3 is 0 Å². The van der Waals surface area contributed by atoms with Gasteiger partial charge in [0, 0.05) is 4.47 Å². The van der Waals surface area contributed by atoms with E-state index >= 15 is 0 Å². The second kappa shape index (κ2) is 6.37. The number of hydrogen-bond acceptors (Lipinski definition) is 0. The summed E-state index contributed by atoms with van der Waals surface area (Å²) in [7, 11) is 0. The second-order valence-electron chi connectivity index (χ2n) is 13.0. The van der Waals surface area contributed by atoms with Crippen LogP contribution in [0.2, 0.25) is 0 Å². The van der Waals surface area contributed by atoms with E-state index in [4.69, 9.17) is 0 Å². The average Bonchev–Trinajstić information content (AvgIpc) is 2.68. The summed E-state index contributed by atoms with van der Waals surface area (Å²) < 4.78 is 1.27. The molecule has 0 spiro atoms. The van der Waals surface area contributed by atoms with Crippen molar-refractivity contribution in [2.45, 2.75) is 103 Å². The first-order valence-corrected chi connectivity index (χ1v) is 12.8. The van der Waals surface area contributed by atoms with Crippen LogP contribution in [0.5, 0.6) is 0 Å². The molecule has 0 heterocycles. The van der Waals surface area contributed by atoms with E-state index in [1.165, 1.54) is 62.8 Å². The van der Waals surface area contributed by atoms with Crippen molar-refractivity contribution in [2.24, 2.45) is 0 Å². The van der Waals surface area contributed by atoms with Crippen molar-refractivity contribution in [3.63, 3.8) is 0 Å². The third-order valence-electron chi connectivity index (χ3n) is 8.83. The smallest absolute Gasteiger partial charge is 0.0332 e. The summed E-state index contributed by atoms with van der Waals surface area (Å²) in [5, 5.41) is 5.48. The molecule has 0 amide bonds. The maximum absolute atomic E-state index is 4.07. The number of rotatable bonds is 0. The van der Waals surface area contributed by atoms with Crippen LogP contribution in [0.4, 0.5) is 0 Å². The van der Waals surface area contributed by atoms with Gasteiger partial charge in [-0.2, -0.15) is 0 Å². The van der Waals surface area contributed by atoms with Crippen molar-refractivity contribution in [2.75, 3.05) is 0 Å². The molecule has 0 nitrogen and oxygen atoms in total. The van der Waals surface area contributed by atoms with Gasteiger partial charge in [-0.05, 0) is 125 Å². The second-order valence-corrected chi connectivity index (χ2v) is 13.8. The van der Waals surface area contributed by atoms with Crippen LogP contribution in [0.3, 0.4) is 0 Å². The molecule has 0 aromatic heterocycles. The number of benzene rings is 3. The lowest BCUT2D eigenvalue weighted by Crippen LogP contribution is -2.34. The highest BCUT2D eigenvalue weighted by Crippen LogP contribution is 2.50. The highest BCUT2D eigenvalue weighted by molar-refractivity contribution is 9.10. The topological polar surface area (TPSA) is 0 Å². The van der Waals surface area contributed by atoms with Crippen molar-refractivity contribution in [3.8, 4) is 0 Å². The Morgan fingerprint density at radius 1 is 0.484 bits per heavy atom. The van der Waals surface area contributed by atoms with Crippen LogP contribution in [-0.2, 0) is 21.7 Å². The predicted molar refractivity (Wildman–Crippen MR) is 140 cm³/mol. The quantitative estimate of drug-likeness (QED) is 0.283. The Labute approximate surface area is 196 Å². The standard InChI is InChI=1S/C30H37Br/c1-27(2)9-11-29(5,6)24-16-20-18(14-22(24)27)13-19-15-23-25(17-21(19)26(20)31)30(7,8)12-10-28(23,3)4/h13-17H,9-12H2,1-8H3. The molecule has 0 saturated heterocycles. The average molecular weight is 478 g/mol. The summed E-state index contributed by atoms with van der Waals surface area (Å²) in [6.45, 7) is 19.4. The number of halogens is 1. The van der Waals surface area contributed by atoms with Crippen molar-refractivity contribution in [3.05, 3.63) is 57.1 Å². The molecule has 0 saturated carbocycles. The van der Waals surface area contributed by atoms with Gasteiger partial charge in [-0.3, -0.25) is 0 Å². The Hall–Kier alpha value is -1.34. The molecule has 0 bridgehead atoms. The van der Waals surface area contributed by atoms with Gasteiger partial charge in [0.1, 0.15) is 0 Å². The van der Waals surface area contributed by atoms with Crippen LogP contribution in [0, 0.1) is 0 Å². The molecule has 0 unspecified atom stereocenters. The molecule has 0 aliphatic heterocycles. The van der Waals surface area contributed by atoms with Crippen LogP contribution in [0.25, 0.3) is 21.5 Å². The maximum atomic E-state index is 4.07. The van der Waals surface area contributed by atoms with Crippen LogP contribution in [-0.4, -0.2) is 0 Å². The Morgan fingerprint density at radius 3 is 1.10 bits per heavy atom. The molecule has 5 rings (SSSR count). The SMILES string of the molecule is CC1(C)CCC(C)(C)c2cc3c(Br)c4cc5c(cc4cc3cc21)C(C)(C)CCC5(C)C. The van der Waals surface area contributed by atoms with Crippen molar-refractivity contribution in [1.29, 1.82) is 0 Å². The predicted octanol–water partition coefficient (Wildman–Crippen LogP) is 9.45. The molecule has 0 atom stereocenters. The highest BCUT2D eigenvalue weighted by atomic mass is 79.9. The number of fused-ring (bicyclic) bond motifs is 4. The summed E-state index contributed by atoms with van der Waals surface area (Å²) >= 11 is 4.07.